The molecule has 0 aliphatic carbocycles. The lowest BCUT2D eigenvalue weighted by molar-refractivity contribution is -0.146. The molecule has 2 aromatic carbocycles. The van der Waals surface area contributed by atoms with E-state index < -0.39 is 11.4 Å². The van der Waals surface area contributed by atoms with Crippen molar-refractivity contribution in [1.29, 1.82) is 0 Å². The Morgan fingerprint density at radius 1 is 1.15 bits per heavy atom. The molecule has 0 amide bonds. The summed E-state index contributed by atoms with van der Waals surface area (Å²) in [6.45, 7) is 4.90. The van der Waals surface area contributed by atoms with Gasteiger partial charge in [-0.05, 0) is 38.1 Å². The lowest BCUT2D eigenvalue weighted by Gasteiger charge is -2.19. The van der Waals surface area contributed by atoms with Crippen molar-refractivity contribution in [2.75, 3.05) is 25.0 Å². The zero-order valence-electron chi connectivity index (χ0n) is 15.0. The number of para-hydroxylation sites is 3. The average molecular weight is 353 g/mol. The molecule has 0 saturated carbocycles. The Morgan fingerprint density at radius 2 is 1.85 bits per heavy atom. The second-order valence-electron chi connectivity index (χ2n) is 6.82. The number of benzene rings is 2. The third-order valence-corrected chi connectivity index (χ3v) is 4.21. The average Bonchev–Trinajstić information content (AvgIpc) is 2.77. The van der Waals surface area contributed by atoms with Crippen LogP contribution in [0, 0.1) is 5.41 Å². The molecule has 0 spiro atoms. The quantitative estimate of drug-likeness (QED) is 0.694. The zero-order valence-corrected chi connectivity index (χ0v) is 15.0. The number of anilines is 1. The van der Waals surface area contributed by atoms with Crippen molar-refractivity contribution in [3.8, 4) is 11.5 Å². The van der Waals surface area contributed by atoms with E-state index in [9.17, 15) is 4.79 Å². The minimum Gasteiger partial charge on any atom is -0.481 e. The van der Waals surface area contributed by atoms with Crippen molar-refractivity contribution in [1.82, 2.24) is 5.32 Å². The first kappa shape index (κ1) is 17.9. The van der Waals surface area contributed by atoms with Crippen molar-refractivity contribution in [2.24, 2.45) is 10.4 Å². The van der Waals surface area contributed by atoms with Crippen LogP contribution in [0.1, 0.15) is 19.4 Å². The smallest absolute Gasteiger partial charge is 0.310 e. The van der Waals surface area contributed by atoms with Gasteiger partial charge in [0.05, 0.1) is 23.2 Å². The molecule has 6 heteroatoms. The normalized spacial score (nSPS) is 14.6. The maximum absolute atomic E-state index is 11.1. The summed E-state index contributed by atoms with van der Waals surface area (Å²) in [4.78, 5) is 15.8. The topological polar surface area (TPSA) is 83.0 Å². The van der Waals surface area contributed by atoms with Gasteiger partial charge >= 0.3 is 5.97 Å². The number of nitrogens with one attached hydrogen (secondary N) is 2. The van der Waals surface area contributed by atoms with Crippen molar-refractivity contribution in [3.63, 3.8) is 0 Å². The van der Waals surface area contributed by atoms with E-state index in [2.05, 4.69) is 15.6 Å². The molecule has 26 heavy (non-hydrogen) atoms. The van der Waals surface area contributed by atoms with Crippen molar-refractivity contribution < 1.29 is 14.6 Å². The number of amidine groups is 1. The summed E-state index contributed by atoms with van der Waals surface area (Å²) in [7, 11) is 0. The summed E-state index contributed by atoms with van der Waals surface area (Å²) in [6, 6.07) is 15.5. The number of aliphatic carboxylic acids is 1. The lowest BCUT2D eigenvalue weighted by Crippen LogP contribution is -2.37. The van der Waals surface area contributed by atoms with E-state index in [1.165, 1.54) is 0 Å². The summed E-state index contributed by atoms with van der Waals surface area (Å²) < 4.78 is 6.01. The molecule has 1 aliphatic rings. The molecule has 136 valence electrons. The highest BCUT2D eigenvalue weighted by Crippen LogP contribution is 2.35. The van der Waals surface area contributed by atoms with Gasteiger partial charge in [-0.3, -0.25) is 9.79 Å². The van der Waals surface area contributed by atoms with Crippen LogP contribution in [-0.2, 0) is 4.79 Å². The number of hydrogen-bond donors (Lipinski definition) is 3. The fraction of sp³-hybridized carbons (Fsp3) is 0.300. The summed E-state index contributed by atoms with van der Waals surface area (Å²) in [5.74, 6) is 1.43. The Hall–Kier alpha value is -2.86. The third kappa shape index (κ3) is 4.03. The van der Waals surface area contributed by atoms with E-state index in [4.69, 9.17) is 9.84 Å². The van der Waals surface area contributed by atoms with Gasteiger partial charge in [-0.1, -0.05) is 24.3 Å². The Bertz CT molecular complexity index is 831. The van der Waals surface area contributed by atoms with Gasteiger partial charge < -0.3 is 20.5 Å². The molecule has 0 unspecified atom stereocenters. The zero-order chi connectivity index (χ0) is 18.6. The summed E-state index contributed by atoms with van der Waals surface area (Å²) >= 11 is 0. The SMILES string of the molecule is CC(C)(CNCCN=C1Nc2ccccc2Oc2ccccc21)C(=O)O. The van der Waals surface area contributed by atoms with Gasteiger partial charge in [-0.2, -0.15) is 0 Å². The summed E-state index contributed by atoms with van der Waals surface area (Å²) in [5.41, 5.74) is 0.963. The Balaban J connectivity index is 1.72. The first-order valence-electron chi connectivity index (χ1n) is 8.59. The monoisotopic (exact) mass is 353 g/mol. The van der Waals surface area contributed by atoms with Gasteiger partial charge in [-0.15, -0.1) is 0 Å². The number of nitrogens with zero attached hydrogens (tertiary/aromatic N) is 1. The molecule has 0 saturated heterocycles. The van der Waals surface area contributed by atoms with Crippen LogP contribution in [0.4, 0.5) is 5.69 Å². The Morgan fingerprint density at radius 3 is 2.62 bits per heavy atom. The number of carbonyl (C=O) groups is 1. The van der Waals surface area contributed by atoms with Crippen LogP contribution in [-0.4, -0.2) is 36.5 Å². The molecular formula is C20H23N3O3. The van der Waals surface area contributed by atoms with E-state index in [-0.39, 0.29) is 0 Å². The maximum Gasteiger partial charge on any atom is 0.310 e. The van der Waals surface area contributed by atoms with Gasteiger partial charge in [0.15, 0.2) is 5.75 Å². The predicted molar refractivity (Wildman–Crippen MR) is 102 cm³/mol. The number of fused-ring (bicyclic) bond motifs is 2. The summed E-state index contributed by atoms with van der Waals surface area (Å²) in [6.07, 6.45) is 0. The van der Waals surface area contributed by atoms with E-state index in [1.54, 1.807) is 13.8 Å². The first-order valence-corrected chi connectivity index (χ1v) is 8.59. The second kappa shape index (κ2) is 7.58. The molecule has 6 nitrogen and oxygen atoms in total. The molecule has 0 bridgehead atoms. The van der Waals surface area contributed by atoms with Crippen LogP contribution in [0.5, 0.6) is 11.5 Å². The van der Waals surface area contributed by atoms with Crippen LogP contribution in [0.25, 0.3) is 0 Å². The number of carboxylic acid groups (broad SMARTS) is 1. The van der Waals surface area contributed by atoms with Gasteiger partial charge in [0.25, 0.3) is 0 Å². The molecular weight excluding hydrogens is 330 g/mol. The highest BCUT2D eigenvalue weighted by Gasteiger charge is 2.26. The highest BCUT2D eigenvalue weighted by atomic mass is 16.5. The van der Waals surface area contributed by atoms with E-state index in [0.29, 0.717) is 19.6 Å². The maximum atomic E-state index is 11.1. The van der Waals surface area contributed by atoms with Gasteiger partial charge in [0.1, 0.15) is 11.6 Å². The molecule has 0 radical (unpaired) electrons. The van der Waals surface area contributed by atoms with Crippen LogP contribution < -0.4 is 15.4 Å². The number of ether oxygens (including phenoxy) is 1. The minimum atomic E-state index is -0.815. The molecule has 0 fully saturated rings. The van der Waals surface area contributed by atoms with Gasteiger partial charge in [-0.25, -0.2) is 0 Å². The molecule has 0 atom stereocenters. The van der Waals surface area contributed by atoms with E-state index >= 15 is 0 Å². The fourth-order valence-corrected chi connectivity index (χ4v) is 2.57. The number of rotatable bonds is 6. The van der Waals surface area contributed by atoms with Crippen molar-refractivity contribution in [3.05, 3.63) is 54.1 Å². The van der Waals surface area contributed by atoms with E-state index in [0.717, 1.165) is 28.6 Å². The fourth-order valence-electron chi connectivity index (χ4n) is 2.57. The standard InChI is InChI=1S/C20H23N3O3/c1-20(2,19(24)25)13-21-11-12-22-18-14-7-3-5-9-16(14)26-17-10-6-4-8-15(17)23-18/h3-10,21H,11-13H2,1-2H3,(H,22,23)(H,24,25). The number of hydrogen-bond acceptors (Lipinski definition) is 4. The number of aliphatic imine (C=N–C) groups is 1. The van der Waals surface area contributed by atoms with Gasteiger partial charge in [0.2, 0.25) is 0 Å². The molecule has 1 aliphatic heterocycles. The Labute approximate surface area is 152 Å². The van der Waals surface area contributed by atoms with Crippen molar-refractivity contribution in [2.45, 2.75) is 13.8 Å². The van der Waals surface area contributed by atoms with Crippen LogP contribution >= 0.6 is 0 Å². The first-order chi connectivity index (χ1) is 12.5. The predicted octanol–water partition coefficient (Wildman–Crippen LogP) is 3.35. The Kier molecular flexibility index (Phi) is 5.23. The second-order valence-corrected chi connectivity index (χ2v) is 6.82. The largest absolute Gasteiger partial charge is 0.481 e. The molecule has 3 N–H and O–H groups in total. The van der Waals surface area contributed by atoms with Crippen LogP contribution in [0.2, 0.25) is 0 Å². The summed E-state index contributed by atoms with van der Waals surface area (Å²) in [5, 5.41) is 15.6. The molecule has 2 aromatic rings. The third-order valence-electron chi connectivity index (χ3n) is 4.21. The molecule has 3 rings (SSSR count). The highest BCUT2D eigenvalue weighted by molar-refractivity contribution is 6.11. The molecule has 0 aromatic heterocycles. The lowest BCUT2D eigenvalue weighted by atomic mass is 9.94. The van der Waals surface area contributed by atoms with E-state index in [1.807, 2.05) is 48.5 Å². The number of carboxylic acids is 1. The van der Waals surface area contributed by atoms with Crippen LogP contribution in [0.3, 0.4) is 0 Å². The van der Waals surface area contributed by atoms with Crippen LogP contribution in [0.15, 0.2) is 53.5 Å². The van der Waals surface area contributed by atoms with Crippen molar-refractivity contribution >= 4 is 17.5 Å². The minimum absolute atomic E-state index is 0.392. The molecule has 1 heterocycles. The van der Waals surface area contributed by atoms with Gasteiger partial charge in [0, 0.05) is 13.1 Å².